The number of nitrogens with one attached hydrogen (secondary N) is 1. The summed E-state index contributed by atoms with van der Waals surface area (Å²) in [6, 6.07) is 7.08. The summed E-state index contributed by atoms with van der Waals surface area (Å²) in [5.74, 6) is -0.895. The molecule has 0 aliphatic rings. The summed E-state index contributed by atoms with van der Waals surface area (Å²) in [7, 11) is -0.771. The Bertz CT molecular complexity index is 556. The largest absolute Gasteiger partial charge is 0.497 e. The summed E-state index contributed by atoms with van der Waals surface area (Å²) in [5.41, 5.74) is 0.777. The Morgan fingerprint density at radius 2 is 2.05 bits per heavy atom. The van der Waals surface area contributed by atoms with E-state index < -0.39 is 21.9 Å². The molecule has 0 aliphatic heterocycles. The van der Waals surface area contributed by atoms with Gasteiger partial charge in [0, 0.05) is 6.54 Å². The number of carbonyl (C=O) groups is 1. The van der Waals surface area contributed by atoms with E-state index in [4.69, 9.17) is 4.74 Å². The standard InChI is InChI=1S/C13H19NO5S/c1-10(13(15)19-3)9-20(16,17)14-8-11-5-4-6-12(7-11)18-2/h4-7,10,14H,8-9H2,1-3H3/t10-/m1/s1. The lowest BCUT2D eigenvalue weighted by Crippen LogP contribution is -2.31. The smallest absolute Gasteiger partial charge is 0.309 e. The van der Waals surface area contributed by atoms with E-state index in [1.807, 2.05) is 0 Å². The zero-order valence-electron chi connectivity index (χ0n) is 11.8. The number of rotatable bonds is 7. The number of benzene rings is 1. The summed E-state index contributed by atoms with van der Waals surface area (Å²) < 4.78 is 35.7. The van der Waals surface area contributed by atoms with Crippen LogP contribution in [-0.2, 0) is 26.1 Å². The van der Waals surface area contributed by atoms with Crippen molar-refractivity contribution in [3.63, 3.8) is 0 Å². The van der Waals surface area contributed by atoms with E-state index in [9.17, 15) is 13.2 Å². The maximum Gasteiger partial charge on any atom is 0.309 e. The van der Waals surface area contributed by atoms with Crippen LogP contribution in [0, 0.1) is 5.92 Å². The maximum absolute atomic E-state index is 11.8. The Balaban J connectivity index is 2.61. The summed E-state index contributed by atoms with van der Waals surface area (Å²) in [6.07, 6.45) is 0. The lowest BCUT2D eigenvalue weighted by atomic mass is 10.2. The van der Waals surface area contributed by atoms with Crippen molar-refractivity contribution in [2.45, 2.75) is 13.5 Å². The molecule has 112 valence electrons. The molecule has 1 atom stereocenters. The minimum Gasteiger partial charge on any atom is -0.497 e. The molecule has 7 heteroatoms. The van der Waals surface area contributed by atoms with E-state index in [0.717, 1.165) is 5.56 Å². The molecule has 0 aromatic heterocycles. The lowest BCUT2D eigenvalue weighted by molar-refractivity contribution is -0.144. The molecular weight excluding hydrogens is 282 g/mol. The van der Waals surface area contributed by atoms with Crippen LogP contribution in [0.25, 0.3) is 0 Å². The molecule has 20 heavy (non-hydrogen) atoms. The molecule has 0 radical (unpaired) electrons. The number of carbonyl (C=O) groups excluding carboxylic acids is 1. The molecule has 6 nitrogen and oxygen atoms in total. The van der Waals surface area contributed by atoms with Crippen molar-refractivity contribution in [2.75, 3.05) is 20.0 Å². The number of methoxy groups -OCH3 is 2. The number of hydrogen-bond donors (Lipinski definition) is 1. The molecule has 0 heterocycles. The van der Waals surface area contributed by atoms with Crippen LogP contribution in [0.2, 0.25) is 0 Å². The Morgan fingerprint density at radius 1 is 1.35 bits per heavy atom. The van der Waals surface area contributed by atoms with Crippen LogP contribution in [0.3, 0.4) is 0 Å². The van der Waals surface area contributed by atoms with Crippen LogP contribution >= 0.6 is 0 Å². The molecular formula is C13H19NO5S. The fourth-order valence-electron chi connectivity index (χ4n) is 1.63. The van der Waals surface area contributed by atoms with Gasteiger partial charge in [0.05, 0.1) is 25.9 Å². The van der Waals surface area contributed by atoms with Gasteiger partial charge in [0.1, 0.15) is 5.75 Å². The normalized spacial score (nSPS) is 12.8. The predicted molar refractivity (Wildman–Crippen MR) is 74.8 cm³/mol. The summed E-state index contributed by atoms with van der Waals surface area (Å²) in [4.78, 5) is 11.2. The van der Waals surface area contributed by atoms with Crippen molar-refractivity contribution < 1.29 is 22.7 Å². The highest BCUT2D eigenvalue weighted by Crippen LogP contribution is 2.12. The van der Waals surface area contributed by atoms with Crippen molar-refractivity contribution in [1.29, 1.82) is 0 Å². The zero-order valence-corrected chi connectivity index (χ0v) is 12.6. The monoisotopic (exact) mass is 301 g/mol. The quantitative estimate of drug-likeness (QED) is 0.757. The fourth-order valence-corrected chi connectivity index (χ4v) is 2.93. The summed E-state index contributed by atoms with van der Waals surface area (Å²) in [6.45, 7) is 1.66. The molecule has 0 saturated carbocycles. The third-order valence-corrected chi connectivity index (χ3v) is 4.23. The number of ether oxygens (including phenoxy) is 2. The third-order valence-electron chi connectivity index (χ3n) is 2.70. The van der Waals surface area contributed by atoms with Gasteiger partial charge >= 0.3 is 5.97 Å². The molecule has 0 spiro atoms. The fraction of sp³-hybridized carbons (Fsp3) is 0.462. The molecule has 0 amide bonds. The molecule has 0 saturated heterocycles. The van der Waals surface area contributed by atoms with E-state index >= 15 is 0 Å². The van der Waals surface area contributed by atoms with E-state index in [2.05, 4.69) is 9.46 Å². The first-order valence-corrected chi connectivity index (χ1v) is 7.71. The summed E-state index contributed by atoms with van der Waals surface area (Å²) in [5, 5.41) is 0. The van der Waals surface area contributed by atoms with Crippen LogP contribution in [0.4, 0.5) is 0 Å². The van der Waals surface area contributed by atoms with Gasteiger partial charge in [-0.1, -0.05) is 19.1 Å². The van der Waals surface area contributed by atoms with Gasteiger partial charge in [-0.25, -0.2) is 13.1 Å². The first kappa shape index (κ1) is 16.5. The van der Waals surface area contributed by atoms with Gasteiger partial charge in [0.2, 0.25) is 10.0 Å². The van der Waals surface area contributed by atoms with Crippen molar-refractivity contribution in [3.8, 4) is 5.75 Å². The maximum atomic E-state index is 11.8. The van der Waals surface area contributed by atoms with Crippen molar-refractivity contribution >= 4 is 16.0 Å². The van der Waals surface area contributed by atoms with Crippen molar-refractivity contribution in [3.05, 3.63) is 29.8 Å². The van der Waals surface area contributed by atoms with Gasteiger partial charge in [0.25, 0.3) is 0 Å². The molecule has 1 aromatic carbocycles. The second kappa shape index (κ2) is 7.25. The highest BCUT2D eigenvalue weighted by Gasteiger charge is 2.21. The van der Waals surface area contributed by atoms with Gasteiger partial charge < -0.3 is 9.47 Å². The third kappa shape index (κ3) is 5.18. The van der Waals surface area contributed by atoms with Crippen LogP contribution in [0.5, 0.6) is 5.75 Å². The van der Waals surface area contributed by atoms with Gasteiger partial charge in [-0.05, 0) is 17.7 Å². The lowest BCUT2D eigenvalue weighted by Gasteiger charge is -2.11. The van der Waals surface area contributed by atoms with E-state index in [0.29, 0.717) is 5.75 Å². The van der Waals surface area contributed by atoms with E-state index in [1.54, 1.807) is 31.4 Å². The minimum atomic E-state index is -3.55. The highest BCUT2D eigenvalue weighted by molar-refractivity contribution is 7.89. The van der Waals surface area contributed by atoms with Gasteiger partial charge in [-0.3, -0.25) is 4.79 Å². The van der Waals surface area contributed by atoms with E-state index in [-0.39, 0.29) is 12.3 Å². The number of sulfonamides is 1. The second-order valence-electron chi connectivity index (χ2n) is 4.38. The van der Waals surface area contributed by atoms with Crippen LogP contribution in [0.15, 0.2) is 24.3 Å². The van der Waals surface area contributed by atoms with Gasteiger partial charge in [-0.2, -0.15) is 0 Å². The Kier molecular flexibility index (Phi) is 5.97. The average Bonchev–Trinajstić information content (AvgIpc) is 2.44. The van der Waals surface area contributed by atoms with Crippen LogP contribution < -0.4 is 9.46 Å². The second-order valence-corrected chi connectivity index (χ2v) is 6.23. The zero-order chi connectivity index (χ0) is 15.2. The molecule has 0 aliphatic carbocycles. The SMILES string of the molecule is COC(=O)[C@H](C)CS(=O)(=O)NCc1cccc(OC)c1. The molecule has 0 bridgehead atoms. The van der Waals surface area contributed by atoms with Gasteiger partial charge in [0.15, 0.2) is 0 Å². The van der Waals surface area contributed by atoms with Crippen LogP contribution in [-0.4, -0.2) is 34.4 Å². The Labute approximate surface area is 119 Å². The van der Waals surface area contributed by atoms with Gasteiger partial charge in [-0.15, -0.1) is 0 Å². The summed E-state index contributed by atoms with van der Waals surface area (Å²) >= 11 is 0. The average molecular weight is 301 g/mol. The van der Waals surface area contributed by atoms with Crippen molar-refractivity contribution in [2.24, 2.45) is 5.92 Å². The molecule has 1 rings (SSSR count). The molecule has 0 fully saturated rings. The number of esters is 1. The van der Waals surface area contributed by atoms with Crippen LogP contribution in [0.1, 0.15) is 12.5 Å². The first-order valence-electron chi connectivity index (χ1n) is 6.06. The molecule has 1 N–H and O–H groups in total. The topological polar surface area (TPSA) is 81.7 Å². The number of hydrogen-bond acceptors (Lipinski definition) is 5. The minimum absolute atomic E-state index is 0.146. The Morgan fingerprint density at radius 3 is 2.65 bits per heavy atom. The molecule has 1 aromatic rings. The van der Waals surface area contributed by atoms with E-state index in [1.165, 1.54) is 14.0 Å². The predicted octanol–water partition coefficient (Wildman–Crippen LogP) is 0.924. The first-order chi connectivity index (χ1) is 9.38. The van der Waals surface area contributed by atoms with Crippen molar-refractivity contribution in [1.82, 2.24) is 4.72 Å². The highest BCUT2D eigenvalue weighted by atomic mass is 32.2. The Hall–Kier alpha value is -1.60. The molecule has 0 unspecified atom stereocenters.